The Kier molecular flexibility index (Phi) is 5.60. The number of fused-ring (bicyclic) bond motifs is 1. The summed E-state index contributed by atoms with van der Waals surface area (Å²) in [6.45, 7) is 10.0. The van der Waals surface area contributed by atoms with E-state index in [9.17, 15) is 0 Å². The van der Waals surface area contributed by atoms with Gasteiger partial charge in [-0.1, -0.05) is 69.2 Å². The topological polar surface area (TPSA) is 0 Å². The molecule has 0 heterocycles. The van der Waals surface area contributed by atoms with Crippen molar-refractivity contribution in [3.8, 4) is 0 Å². The van der Waals surface area contributed by atoms with Crippen LogP contribution in [0.3, 0.4) is 0 Å². The summed E-state index contributed by atoms with van der Waals surface area (Å²) in [7, 11) is 0. The molecule has 0 nitrogen and oxygen atoms in total. The monoisotopic (exact) mass is 304 g/mol. The summed E-state index contributed by atoms with van der Waals surface area (Å²) in [5.74, 6) is 0.723. The highest BCUT2D eigenvalue weighted by Gasteiger charge is 2.27. The summed E-state index contributed by atoms with van der Waals surface area (Å²) in [4.78, 5) is 0. The molecule has 0 atom stereocenters. The Labute approximate surface area is 141 Å². The molecule has 0 saturated carbocycles. The lowest BCUT2D eigenvalue weighted by Gasteiger charge is -2.13. The molecule has 0 spiro atoms. The molecule has 0 heteroatoms. The Bertz CT molecular complexity index is 670. The number of hydrogen-bond acceptors (Lipinski definition) is 0. The lowest BCUT2D eigenvalue weighted by molar-refractivity contribution is 0.559. The summed E-state index contributed by atoms with van der Waals surface area (Å²) in [6.07, 6.45) is 12.9. The van der Waals surface area contributed by atoms with Crippen molar-refractivity contribution in [2.75, 3.05) is 0 Å². The van der Waals surface area contributed by atoms with Crippen LogP contribution in [0, 0.1) is 5.92 Å². The fourth-order valence-corrected chi connectivity index (χ4v) is 3.94. The van der Waals surface area contributed by atoms with E-state index in [1.807, 2.05) is 12.2 Å². The molecule has 2 aliphatic carbocycles. The molecule has 3 rings (SSSR count). The molecule has 1 aromatic rings. The number of allylic oxidation sites excluding steroid dienone is 8. The highest BCUT2D eigenvalue weighted by Crippen LogP contribution is 2.42. The third-order valence-corrected chi connectivity index (χ3v) is 4.92. The first-order valence-corrected chi connectivity index (χ1v) is 8.16. The van der Waals surface area contributed by atoms with E-state index in [4.69, 9.17) is 0 Å². The summed E-state index contributed by atoms with van der Waals surface area (Å²) < 4.78 is 0. The van der Waals surface area contributed by atoms with Crippen molar-refractivity contribution in [2.24, 2.45) is 5.92 Å². The second-order valence-corrected chi connectivity index (χ2v) is 6.26. The minimum absolute atomic E-state index is 0. The lowest BCUT2D eigenvalue weighted by Crippen LogP contribution is -2.02. The predicted octanol–water partition coefficient (Wildman–Crippen LogP) is 6.37. The van der Waals surface area contributed by atoms with E-state index < -0.39 is 0 Å². The predicted molar refractivity (Wildman–Crippen MR) is 103 cm³/mol. The molecule has 0 unspecified atom stereocenters. The molecule has 0 fully saturated rings. The van der Waals surface area contributed by atoms with Crippen LogP contribution in [0.4, 0.5) is 0 Å². The zero-order valence-electron chi connectivity index (χ0n) is 13.4. The van der Waals surface area contributed by atoms with Crippen LogP contribution in [-0.2, 0) is 12.8 Å². The van der Waals surface area contributed by atoms with Gasteiger partial charge in [0.2, 0.25) is 0 Å². The van der Waals surface area contributed by atoms with Gasteiger partial charge in [0.05, 0.1) is 0 Å². The van der Waals surface area contributed by atoms with Crippen molar-refractivity contribution in [3.05, 3.63) is 95.1 Å². The van der Waals surface area contributed by atoms with Gasteiger partial charge >= 0.3 is 0 Å². The van der Waals surface area contributed by atoms with Crippen LogP contribution in [0.15, 0.2) is 84.0 Å². The van der Waals surface area contributed by atoms with Crippen LogP contribution in [0.5, 0.6) is 0 Å². The summed E-state index contributed by atoms with van der Waals surface area (Å²) in [5.41, 5.74) is 8.77. The molecule has 0 radical (unpaired) electrons. The smallest absolute Gasteiger partial charge is 0.00171 e. The highest BCUT2D eigenvalue weighted by molar-refractivity contribution is 5.60. The van der Waals surface area contributed by atoms with E-state index in [1.54, 1.807) is 0 Å². The van der Waals surface area contributed by atoms with Gasteiger partial charge in [0.25, 0.3) is 0 Å². The fraction of sp³-hybridized carbons (Fsp3) is 0.304. The second kappa shape index (κ2) is 7.46. The third-order valence-electron chi connectivity index (χ3n) is 4.92. The van der Waals surface area contributed by atoms with E-state index in [2.05, 4.69) is 56.5 Å². The van der Waals surface area contributed by atoms with E-state index in [-0.39, 0.29) is 7.43 Å². The number of benzene rings is 1. The molecular weight excluding hydrogens is 276 g/mol. The highest BCUT2D eigenvalue weighted by atomic mass is 14.3. The van der Waals surface area contributed by atoms with Gasteiger partial charge in [-0.25, -0.2) is 0 Å². The molecular formula is C23H28. The van der Waals surface area contributed by atoms with Gasteiger partial charge < -0.3 is 0 Å². The summed E-state index contributed by atoms with van der Waals surface area (Å²) in [5, 5.41) is 0. The molecule has 0 aliphatic heterocycles. The first kappa shape index (κ1) is 17.3. The maximum Gasteiger partial charge on any atom is -0.00171 e. The van der Waals surface area contributed by atoms with E-state index in [0.29, 0.717) is 0 Å². The number of hydrogen-bond donors (Lipinski definition) is 0. The molecule has 0 bridgehead atoms. The first-order valence-electron chi connectivity index (χ1n) is 8.16. The van der Waals surface area contributed by atoms with E-state index >= 15 is 0 Å². The zero-order chi connectivity index (χ0) is 15.5. The molecule has 2 aliphatic rings. The lowest BCUT2D eigenvalue weighted by atomic mass is 9.91. The van der Waals surface area contributed by atoms with E-state index in [0.717, 1.165) is 18.8 Å². The van der Waals surface area contributed by atoms with Crippen LogP contribution in [0.2, 0.25) is 0 Å². The molecule has 120 valence electrons. The van der Waals surface area contributed by atoms with E-state index in [1.165, 1.54) is 46.3 Å². The van der Waals surface area contributed by atoms with Crippen molar-refractivity contribution in [1.29, 1.82) is 0 Å². The standard InChI is InChI=1S/C22H24.CH4/c1-4-9-20-15-17(5-2)22(21(20)6-3)14-16-12-18-10-7-8-11-19(18)13-16;/h4-11,16H,1-2,12-15H2,3H3;1H4/b20-9-,21-6+;. The molecule has 0 saturated heterocycles. The van der Waals surface area contributed by atoms with Crippen LogP contribution in [-0.4, -0.2) is 0 Å². The Morgan fingerprint density at radius 2 is 1.78 bits per heavy atom. The maximum atomic E-state index is 4.03. The van der Waals surface area contributed by atoms with Crippen molar-refractivity contribution >= 4 is 0 Å². The van der Waals surface area contributed by atoms with Crippen molar-refractivity contribution in [1.82, 2.24) is 0 Å². The average molecular weight is 304 g/mol. The normalized spacial score (nSPS) is 20.7. The zero-order valence-corrected chi connectivity index (χ0v) is 13.4. The summed E-state index contributed by atoms with van der Waals surface area (Å²) >= 11 is 0. The van der Waals surface area contributed by atoms with Gasteiger partial charge in [-0.05, 0) is 71.9 Å². The van der Waals surface area contributed by atoms with Crippen molar-refractivity contribution in [3.63, 3.8) is 0 Å². The van der Waals surface area contributed by atoms with Crippen LogP contribution >= 0.6 is 0 Å². The second-order valence-electron chi connectivity index (χ2n) is 6.26. The Hall–Kier alpha value is -2.08. The average Bonchev–Trinajstić information content (AvgIpc) is 3.08. The molecule has 1 aromatic carbocycles. The van der Waals surface area contributed by atoms with Gasteiger partial charge in [0.1, 0.15) is 0 Å². The molecule has 23 heavy (non-hydrogen) atoms. The SMILES string of the molecule is C.C=C/C=C1/CC(C=C)=C(CC2Cc3ccccc3C2)/C1=C/C. The molecule has 0 aromatic heterocycles. The Morgan fingerprint density at radius 1 is 1.13 bits per heavy atom. The first-order chi connectivity index (χ1) is 10.8. The van der Waals surface area contributed by atoms with Gasteiger partial charge in [0.15, 0.2) is 0 Å². The van der Waals surface area contributed by atoms with Crippen molar-refractivity contribution < 1.29 is 0 Å². The fourth-order valence-electron chi connectivity index (χ4n) is 3.94. The Balaban J connectivity index is 0.00000192. The quantitative estimate of drug-likeness (QED) is 0.606. The van der Waals surface area contributed by atoms with Crippen molar-refractivity contribution in [2.45, 2.75) is 40.0 Å². The third kappa shape index (κ3) is 3.32. The molecule has 0 N–H and O–H groups in total. The molecule has 0 amide bonds. The Morgan fingerprint density at radius 3 is 2.30 bits per heavy atom. The van der Waals surface area contributed by atoms with Gasteiger partial charge in [-0.3, -0.25) is 0 Å². The minimum atomic E-state index is 0. The minimum Gasteiger partial charge on any atom is -0.0991 e. The van der Waals surface area contributed by atoms with Gasteiger partial charge in [-0.15, -0.1) is 0 Å². The van der Waals surface area contributed by atoms with Crippen LogP contribution in [0.25, 0.3) is 0 Å². The van der Waals surface area contributed by atoms with Crippen LogP contribution in [0.1, 0.15) is 38.3 Å². The summed E-state index contributed by atoms with van der Waals surface area (Å²) in [6, 6.07) is 8.89. The number of rotatable bonds is 4. The van der Waals surface area contributed by atoms with Gasteiger partial charge in [0, 0.05) is 0 Å². The maximum absolute atomic E-state index is 4.03. The largest absolute Gasteiger partial charge is 0.0991 e. The van der Waals surface area contributed by atoms with Gasteiger partial charge in [-0.2, -0.15) is 0 Å². The van der Waals surface area contributed by atoms with Crippen LogP contribution < -0.4 is 0 Å².